The fraction of sp³-hybridized carbons (Fsp3) is 0.875. The van der Waals surface area contributed by atoms with Crippen molar-refractivity contribution in [2.24, 2.45) is 5.10 Å². The van der Waals surface area contributed by atoms with Gasteiger partial charge in [0, 0.05) is 19.8 Å². The minimum atomic E-state index is -0.139. The van der Waals surface area contributed by atoms with Gasteiger partial charge in [-0.2, -0.15) is 5.10 Å². The van der Waals surface area contributed by atoms with Gasteiger partial charge < -0.3 is 14.3 Å². The zero-order chi connectivity index (χ0) is 9.47. The topological polar surface area (TPSA) is 34.1 Å². The fourth-order valence-corrected chi connectivity index (χ4v) is 1.63. The van der Waals surface area contributed by atoms with Gasteiger partial charge in [0.2, 0.25) is 0 Å². The van der Waals surface area contributed by atoms with E-state index in [1.807, 2.05) is 32.1 Å². The molecule has 4 nitrogen and oxygen atoms in total. The van der Waals surface area contributed by atoms with Crippen LogP contribution in [0, 0.1) is 0 Å². The predicted molar refractivity (Wildman–Crippen MR) is 51.7 cm³/mol. The second-order valence-corrected chi connectivity index (χ2v) is 4.33. The van der Waals surface area contributed by atoms with Gasteiger partial charge in [0.1, 0.15) is 0 Å². The molecule has 2 rings (SSSR count). The maximum absolute atomic E-state index is 5.74. The molecule has 1 fully saturated rings. The molecule has 2 aliphatic rings. The van der Waals surface area contributed by atoms with Gasteiger partial charge in [0.05, 0.1) is 18.0 Å². The third-order valence-corrected chi connectivity index (χ3v) is 2.31. The summed E-state index contributed by atoms with van der Waals surface area (Å²) in [6.07, 6.45) is 1.91. The van der Waals surface area contributed by atoms with Crippen LogP contribution in [0.3, 0.4) is 0 Å². The first-order chi connectivity index (χ1) is 6.07. The van der Waals surface area contributed by atoms with Crippen molar-refractivity contribution in [2.75, 3.05) is 20.2 Å². The highest BCUT2D eigenvalue weighted by molar-refractivity contribution is 6.51. The number of rotatable bonds is 1. The van der Waals surface area contributed by atoms with Gasteiger partial charge in [-0.1, -0.05) is 0 Å². The van der Waals surface area contributed by atoms with Gasteiger partial charge in [-0.15, -0.1) is 0 Å². The lowest BCUT2D eigenvalue weighted by Crippen LogP contribution is -2.30. The number of nitrogens with zero attached hydrogens (tertiary/aromatic N) is 2. The van der Waals surface area contributed by atoms with E-state index in [4.69, 9.17) is 9.31 Å². The number of hydrogen-bond acceptors (Lipinski definition) is 4. The predicted octanol–water partition coefficient (Wildman–Crippen LogP) is 0.601. The Morgan fingerprint density at radius 1 is 1.62 bits per heavy atom. The Morgan fingerprint density at radius 2 is 2.38 bits per heavy atom. The van der Waals surface area contributed by atoms with Crippen LogP contribution in [-0.4, -0.2) is 44.1 Å². The molecule has 1 atom stereocenters. The second kappa shape index (κ2) is 2.99. The summed E-state index contributed by atoms with van der Waals surface area (Å²) in [6.45, 7) is 5.65. The highest BCUT2D eigenvalue weighted by atomic mass is 16.7. The molecule has 0 saturated carbocycles. The molecule has 13 heavy (non-hydrogen) atoms. The average molecular weight is 182 g/mol. The van der Waals surface area contributed by atoms with E-state index in [2.05, 4.69) is 5.10 Å². The summed E-state index contributed by atoms with van der Waals surface area (Å²) >= 11 is 0. The fourth-order valence-electron chi connectivity index (χ4n) is 1.63. The molecule has 0 spiro atoms. The van der Waals surface area contributed by atoms with Crippen LogP contribution in [0.15, 0.2) is 5.10 Å². The molecule has 0 N–H and O–H groups in total. The van der Waals surface area contributed by atoms with Crippen molar-refractivity contribution in [1.29, 1.82) is 0 Å². The summed E-state index contributed by atoms with van der Waals surface area (Å²) in [7, 11) is 1.85. The summed E-state index contributed by atoms with van der Waals surface area (Å²) in [6, 6.07) is 0. The van der Waals surface area contributed by atoms with Crippen molar-refractivity contribution in [3.05, 3.63) is 0 Å². The van der Waals surface area contributed by atoms with E-state index in [1.54, 1.807) is 0 Å². The first-order valence-electron chi connectivity index (χ1n) is 4.61. The Balaban J connectivity index is 1.94. The van der Waals surface area contributed by atoms with Crippen LogP contribution >= 0.6 is 0 Å². The molecule has 0 aromatic heterocycles. The SMILES string of the molecule is CN1CC(B2OCC(C)(C)O2)C=N1. The van der Waals surface area contributed by atoms with E-state index in [0.29, 0.717) is 6.61 Å². The summed E-state index contributed by atoms with van der Waals surface area (Å²) < 4.78 is 11.3. The van der Waals surface area contributed by atoms with E-state index >= 15 is 0 Å². The average Bonchev–Trinajstić information content (AvgIpc) is 2.56. The quantitative estimate of drug-likeness (QED) is 0.557. The van der Waals surface area contributed by atoms with E-state index < -0.39 is 0 Å². The molecule has 2 aliphatic heterocycles. The van der Waals surface area contributed by atoms with Gasteiger partial charge >= 0.3 is 7.12 Å². The van der Waals surface area contributed by atoms with Crippen molar-refractivity contribution in [3.63, 3.8) is 0 Å². The molecule has 1 unspecified atom stereocenters. The van der Waals surface area contributed by atoms with Gasteiger partial charge in [-0.05, 0) is 13.8 Å². The highest BCUT2D eigenvalue weighted by Gasteiger charge is 2.43. The molecule has 2 heterocycles. The first kappa shape index (κ1) is 9.03. The molecule has 0 aromatic carbocycles. The molecular weight excluding hydrogens is 167 g/mol. The minimum absolute atomic E-state index is 0.108. The maximum Gasteiger partial charge on any atom is 0.468 e. The molecule has 0 radical (unpaired) electrons. The Kier molecular flexibility index (Phi) is 2.08. The third-order valence-electron chi connectivity index (χ3n) is 2.31. The largest absolute Gasteiger partial charge is 0.468 e. The summed E-state index contributed by atoms with van der Waals surface area (Å²) in [5, 5.41) is 6.06. The van der Waals surface area contributed by atoms with Crippen LogP contribution in [0.1, 0.15) is 13.8 Å². The number of hydrazone groups is 1. The molecule has 0 bridgehead atoms. The van der Waals surface area contributed by atoms with Crippen LogP contribution in [-0.2, 0) is 9.31 Å². The molecule has 0 aromatic rings. The van der Waals surface area contributed by atoms with Crippen LogP contribution < -0.4 is 0 Å². The lowest BCUT2D eigenvalue weighted by Gasteiger charge is -2.17. The Labute approximate surface area is 79.0 Å². The Bertz CT molecular complexity index is 232. The Hall–Kier alpha value is -0.545. The van der Waals surface area contributed by atoms with E-state index in [1.165, 1.54) is 0 Å². The van der Waals surface area contributed by atoms with Crippen molar-refractivity contribution < 1.29 is 9.31 Å². The van der Waals surface area contributed by atoms with Crippen LogP contribution in [0.25, 0.3) is 0 Å². The standard InChI is InChI=1S/C8H15BN2O2/c1-8(2)6-12-9(13-8)7-4-10-11(3)5-7/h4,7H,5-6H2,1-3H3. The molecule has 0 amide bonds. The summed E-state index contributed by atoms with van der Waals surface area (Å²) in [5.41, 5.74) is -0.139. The van der Waals surface area contributed by atoms with E-state index in [9.17, 15) is 0 Å². The third kappa shape index (κ3) is 1.86. The molecule has 72 valence electrons. The lowest BCUT2D eigenvalue weighted by atomic mass is 9.73. The smallest absolute Gasteiger partial charge is 0.408 e. The van der Waals surface area contributed by atoms with E-state index in [-0.39, 0.29) is 18.5 Å². The zero-order valence-corrected chi connectivity index (χ0v) is 8.36. The molecule has 5 heteroatoms. The minimum Gasteiger partial charge on any atom is -0.408 e. The molecule has 0 aliphatic carbocycles. The van der Waals surface area contributed by atoms with Gasteiger partial charge in [0.15, 0.2) is 0 Å². The highest BCUT2D eigenvalue weighted by Crippen LogP contribution is 2.27. The van der Waals surface area contributed by atoms with Crippen LogP contribution in [0.5, 0.6) is 0 Å². The summed E-state index contributed by atoms with van der Waals surface area (Å²) in [4.78, 5) is 0. The first-order valence-corrected chi connectivity index (χ1v) is 4.61. The summed E-state index contributed by atoms with van der Waals surface area (Å²) in [5.74, 6) is 0.284. The maximum atomic E-state index is 5.74. The van der Waals surface area contributed by atoms with Crippen LogP contribution in [0.2, 0.25) is 5.82 Å². The zero-order valence-electron chi connectivity index (χ0n) is 8.36. The van der Waals surface area contributed by atoms with Crippen molar-refractivity contribution >= 4 is 13.3 Å². The normalized spacial score (nSPS) is 31.8. The van der Waals surface area contributed by atoms with E-state index in [0.717, 1.165) is 6.54 Å². The van der Waals surface area contributed by atoms with Gasteiger partial charge in [-0.3, -0.25) is 0 Å². The second-order valence-electron chi connectivity index (χ2n) is 4.33. The van der Waals surface area contributed by atoms with Gasteiger partial charge in [-0.25, -0.2) is 0 Å². The molecule has 1 saturated heterocycles. The van der Waals surface area contributed by atoms with Gasteiger partial charge in [0.25, 0.3) is 0 Å². The van der Waals surface area contributed by atoms with Crippen molar-refractivity contribution in [3.8, 4) is 0 Å². The van der Waals surface area contributed by atoms with Crippen LogP contribution in [0.4, 0.5) is 0 Å². The molecular formula is C8H15BN2O2. The van der Waals surface area contributed by atoms with Crippen molar-refractivity contribution in [1.82, 2.24) is 5.01 Å². The monoisotopic (exact) mass is 182 g/mol. The van der Waals surface area contributed by atoms with Crippen molar-refractivity contribution in [2.45, 2.75) is 25.3 Å². The number of hydrogen-bond donors (Lipinski definition) is 0. The lowest BCUT2D eigenvalue weighted by molar-refractivity contribution is 0.135. The Morgan fingerprint density at radius 3 is 2.85 bits per heavy atom.